The molecule has 1 fully saturated rings. The number of piperazine rings is 1. The number of nitrogen functional groups attached to an aromatic ring is 1. The number of hydrogen-bond acceptors (Lipinski definition) is 6. The number of carbonyl (C=O) groups is 1. The van der Waals surface area contributed by atoms with Crippen LogP contribution >= 0.6 is 0 Å². The summed E-state index contributed by atoms with van der Waals surface area (Å²) in [7, 11) is 0. The Kier molecular flexibility index (Phi) is 4.60. The molecule has 7 heteroatoms. The molecule has 0 atom stereocenters. The normalized spacial score (nSPS) is 15.3. The van der Waals surface area contributed by atoms with E-state index in [1.54, 1.807) is 4.90 Å². The zero-order valence-corrected chi connectivity index (χ0v) is 12.0. The van der Waals surface area contributed by atoms with Gasteiger partial charge < -0.3 is 20.3 Å². The zero-order valence-electron chi connectivity index (χ0n) is 12.0. The Balaban J connectivity index is 2.04. The maximum atomic E-state index is 11.7. The van der Waals surface area contributed by atoms with E-state index in [0.717, 1.165) is 30.9 Å². The van der Waals surface area contributed by atoms with Crippen LogP contribution in [0.25, 0.3) is 0 Å². The van der Waals surface area contributed by atoms with Crippen molar-refractivity contribution in [3.05, 3.63) is 11.9 Å². The van der Waals surface area contributed by atoms with Crippen molar-refractivity contribution in [1.82, 2.24) is 14.9 Å². The minimum absolute atomic E-state index is 0.245. The highest BCUT2D eigenvalue weighted by Gasteiger charge is 2.24. The smallest absolute Gasteiger partial charge is 0.409 e. The van der Waals surface area contributed by atoms with Gasteiger partial charge in [-0.15, -0.1) is 0 Å². The van der Waals surface area contributed by atoms with Gasteiger partial charge >= 0.3 is 6.09 Å². The van der Waals surface area contributed by atoms with Gasteiger partial charge in [0, 0.05) is 31.7 Å². The van der Waals surface area contributed by atoms with Crippen molar-refractivity contribution >= 4 is 17.7 Å². The molecule has 0 saturated carbocycles. The molecule has 1 amide bonds. The SMILES string of the molecule is CCOC(=O)N1CCN(c2ncnc(N)c2CC)CC1. The van der Waals surface area contributed by atoms with E-state index < -0.39 is 0 Å². The van der Waals surface area contributed by atoms with Crippen LogP contribution < -0.4 is 10.6 Å². The monoisotopic (exact) mass is 279 g/mol. The molecule has 0 spiro atoms. The van der Waals surface area contributed by atoms with E-state index in [0.29, 0.717) is 25.5 Å². The molecule has 0 radical (unpaired) electrons. The van der Waals surface area contributed by atoms with Crippen molar-refractivity contribution in [2.45, 2.75) is 20.3 Å². The minimum Gasteiger partial charge on any atom is -0.450 e. The van der Waals surface area contributed by atoms with E-state index in [1.807, 2.05) is 13.8 Å². The molecule has 1 aromatic heterocycles. The Bertz CT molecular complexity index is 472. The fraction of sp³-hybridized carbons (Fsp3) is 0.615. The second-order valence-electron chi connectivity index (χ2n) is 4.59. The Morgan fingerprint density at radius 3 is 2.60 bits per heavy atom. The largest absolute Gasteiger partial charge is 0.450 e. The lowest BCUT2D eigenvalue weighted by atomic mass is 10.2. The highest BCUT2D eigenvalue weighted by Crippen LogP contribution is 2.23. The van der Waals surface area contributed by atoms with Gasteiger partial charge in [-0.05, 0) is 13.3 Å². The predicted octanol–water partition coefficient (Wildman–Crippen LogP) is 0.900. The molecule has 1 aromatic rings. The summed E-state index contributed by atoms with van der Waals surface area (Å²) in [6.45, 7) is 6.96. The van der Waals surface area contributed by atoms with Gasteiger partial charge in [0.2, 0.25) is 0 Å². The van der Waals surface area contributed by atoms with Crippen LogP contribution in [0.4, 0.5) is 16.4 Å². The van der Waals surface area contributed by atoms with Crippen LogP contribution in [0.1, 0.15) is 19.4 Å². The Morgan fingerprint density at radius 2 is 2.00 bits per heavy atom. The lowest BCUT2D eigenvalue weighted by Crippen LogP contribution is -2.49. The summed E-state index contributed by atoms with van der Waals surface area (Å²) in [6, 6.07) is 0. The first-order valence-corrected chi connectivity index (χ1v) is 6.93. The number of hydrogen-bond donors (Lipinski definition) is 1. The highest BCUT2D eigenvalue weighted by atomic mass is 16.6. The van der Waals surface area contributed by atoms with Gasteiger partial charge in [-0.25, -0.2) is 14.8 Å². The van der Waals surface area contributed by atoms with Crippen molar-refractivity contribution in [3.8, 4) is 0 Å². The molecule has 2 rings (SSSR count). The molecule has 2 heterocycles. The molecule has 0 aliphatic carbocycles. The first kappa shape index (κ1) is 14.4. The van der Waals surface area contributed by atoms with Crippen molar-refractivity contribution in [1.29, 1.82) is 0 Å². The first-order valence-electron chi connectivity index (χ1n) is 6.93. The average Bonchev–Trinajstić information content (AvgIpc) is 2.47. The van der Waals surface area contributed by atoms with Crippen LogP contribution in [-0.2, 0) is 11.2 Å². The van der Waals surface area contributed by atoms with Gasteiger partial charge in [-0.3, -0.25) is 0 Å². The number of carbonyl (C=O) groups excluding carboxylic acids is 1. The average molecular weight is 279 g/mol. The van der Waals surface area contributed by atoms with Crippen LogP contribution in [-0.4, -0.2) is 53.7 Å². The zero-order chi connectivity index (χ0) is 14.5. The van der Waals surface area contributed by atoms with Crippen molar-refractivity contribution < 1.29 is 9.53 Å². The topological polar surface area (TPSA) is 84.6 Å². The number of ether oxygens (including phenoxy) is 1. The highest BCUT2D eigenvalue weighted by molar-refractivity contribution is 5.68. The van der Waals surface area contributed by atoms with Crippen molar-refractivity contribution in [2.24, 2.45) is 0 Å². The third-order valence-electron chi connectivity index (χ3n) is 3.41. The van der Waals surface area contributed by atoms with Gasteiger partial charge in [-0.2, -0.15) is 0 Å². The number of nitrogens with two attached hydrogens (primary N) is 1. The molecule has 7 nitrogen and oxygen atoms in total. The van der Waals surface area contributed by atoms with Crippen LogP contribution in [0.5, 0.6) is 0 Å². The number of anilines is 2. The van der Waals surface area contributed by atoms with Crippen molar-refractivity contribution in [2.75, 3.05) is 43.4 Å². The molecule has 0 aromatic carbocycles. The van der Waals surface area contributed by atoms with Gasteiger partial charge in [0.25, 0.3) is 0 Å². The van der Waals surface area contributed by atoms with E-state index in [2.05, 4.69) is 14.9 Å². The third kappa shape index (κ3) is 2.92. The fourth-order valence-electron chi connectivity index (χ4n) is 2.34. The molecule has 110 valence electrons. The summed E-state index contributed by atoms with van der Waals surface area (Å²) < 4.78 is 5.01. The standard InChI is InChI=1S/C13H21N5O2/c1-3-10-11(14)15-9-16-12(10)17-5-7-18(8-6-17)13(19)20-4-2/h9H,3-8H2,1-2H3,(H2,14,15,16). The summed E-state index contributed by atoms with van der Waals surface area (Å²) in [5.41, 5.74) is 6.86. The summed E-state index contributed by atoms with van der Waals surface area (Å²) in [5, 5.41) is 0. The second-order valence-corrected chi connectivity index (χ2v) is 4.59. The summed E-state index contributed by atoms with van der Waals surface area (Å²) in [6.07, 6.45) is 2.03. The number of amides is 1. The van der Waals surface area contributed by atoms with Gasteiger partial charge in [0.15, 0.2) is 0 Å². The van der Waals surface area contributed by atoms with E-state index in [-0.39, 0.29) is 6.09 Å². The number of aromatic nitrogens is 2. The van der Waals surface area contributed by atoms with E-state index in [4.69, 9.17) is 10.5 Å². The van der Waals surface area contributed by atoms with Gasteiger partial charge in [0.05, 0.1) is 6.61 Å². The molecule has 20 heavy (non-hydrogen) atoms. The number of rotatable bonds is 3. The maximum absolute atomic E-state index is 11.7. The van der Waals surface area contributed by atoms with Crippen molar-refractivity contribution in [3.63, 3.8) is 0 Å². The van der Waals surface area contributed by atoms with Crippen LogP contribution in [0.15, 0.2) is 6.33 Å². The molecule has 1 aliphatic rings. The molecule has 0 bridgehead atoms. The van der Waals surface area contributed by atoms with Crippen LogP contribution in [0.2, 0.25) is 0 Å². The fourth-order valence-corrected chi connectivity index (χ4v) is 2.34. The quantitative estimate of drug-likeness (QED) is 0.885. The molecule has 1 saturated heterocycles. The molecule has 0 unspecified atom stereocenters. The molecule has 1 aliphatic heterocycles. The summed E-state index contributed by atoms with van der Waals surface area (Å²) >= 11 is 0. The Hall–Kier alpha value is -2.05. The maximum Gasteiger partial charge on any atom is 0.409 e. The molecular formula is C13H21N5O2. The summed E-state index contributed by atoms with van der Waals surface area (Å²) in [4.78, 5) is 23.9. The lowest BCUT2D eigenvalue weighted by molar-refractivity contribution is 0.105. The Morgan fingerprint density at radius 1 is 1.30 bits per heavy atom. The predicted molar refractivity (Wildman–Crippen MR) is 76.6 cm³/mol. The minimum atomic E-state index is -0.245. The Labute approximate surface area is 118 Å². The van der Waals surface area contributed by atoms with Gasteiger partial charge in [0.1, 0.15) is 18.0 Å². The lowest BCUT2D eigenvalue weighted by Gasteiger charge is -2.35. The van der Waals surface area contributed by atoms with Crippen LogP contribution in [0, 0.1) is 0 Å². The molecule has 2 N–H and O–H groups in total. The van der Waals surface area contributed by atoms with E-state index in [9.17, 15) is 4.79 Å². The van der Waals surface area contributed by atoms with E-state index >= 15 is 0 Å². The second kappa shape index (κ2) is 6.40. The number of nitrogens with zero attached hydrogens (tertiary/aromatic N) is 4. The first-order chi connectivity index (χ1) is 9.67. The van der Waals surface area contributed by atoms with E-state index in [1.165, 1.54) is 6.33 Å². The van der Waals surface area contributed by atoms with Crippen LogP contribution in [0.3, 0.4) is 0 Å². The molecular weight excluding hydrogens is 258 g/mol. The third-order valence-corrected chi connectivity index (χ3v) is 3.41. The van der Waals surface area contributed by atoms with Gasteiger partial charge in [-0.1, -0.05) is 6.92 Å². The summed E-state index contributed by atoms with van der Waals surface area (Å²) in [5.74, 6) is 1.41.